The van der Waals surface area contributed by atoms with Crippen LogP contribution in [0.4, 0.5) is 0 Å². The van der Waals surface area contributed by atoms with Crippen molar-refractivity contribution in [3.05, 3.63) is 95.6 Å². The fraction of sp³-hybridized carbons (Fsp3) is 0.107. The molecule has 4 aromatic carbocycles. The van der Waals surface area contributed by atoms with Gasteiger partial charge in [0.1, 0.15) is 5.82 Å². The van der Waals surface area contributed by atoms with E-state index >= 15 is 0 Å². The highest BCUT2D eigenvalue weighted by atomic mass is 32.1. The van der Waals surface area contributed by atoms with Crippen molar-refractivity contribution in [1.29, 1.82) is 0 Å². The van der Waals surface area contributed by atoms with Crippen LogP contribution >= 0.6 is 11.3 Å². The van der Waals surface area contributed by atoms with Gasteiger partial charge in [-0.1, -0.05) is 60.2 Å². The molecule has 6 aromatic rings. The molecule has 2 nitrogen and oxygen atoms in total. The molecule has 0 N–H and O–H groups in total. The quantitative estimate of drug-likeness (QED) is 0.279. The largest absolute Gasteiger partial charge is 0.292 e. The van der Waals surface area contributed by atoms with Gasteiger partial charge < -0.3 is 0 Å². The highest BCUT2D eigenvalue weighted by molar-refractivity contribution is 7.26. The first-order chi connectivity index (χ1) is 15.1. The number of aromatic nitrogens is 2. The smallest absolute Gasteiger partial charge is 0.147 e. The summed E-state index contributed by atoms with van der Waals surface area (Å²) in [5.74, 6) is 1.01. The van der Waals surface area contributed by atoms with Crippen LogP contribution in [0.15, 0.2) is 78.9 Å². The van der Waals surface area contributed by atoms with E-state index < -0.39 is 0 Å². The van der Waals surface area contributed by atoms with Gasteiger partial charge in [0.2, 0.25) is 0 Å². The number of thiophene rings is 1. The molecule has 0 amide bonds. The third kappa shape index (κ3) is 2.74. The van der Waals surface area contributed by atoms with Crippen LogP contribution in [0.1, 0.15) is 16.7 Å². The van der Waals surface area contributed by atoms with Crippen LogP contribution in [-0.2, 0) is 0 Å². The van der Waals surface area contributed by atoms with Gasteiger partial charge in [0.15, 0.2) is 0 Å². The molecule has 0 bridgehead atoms. The van der Waals surface area contributed by atoms with Crippen LogP contribution in [0.3, 0.4) is 0 Å². The lowest BCUT2D eigenvalue weighted by molar-refractivity contribution is 1.06. The normalized spacial score (nSPS) is 11.7. The summed E-state index contributed by atoms with van der Waals surface area (Å²) in [6, 6.07) is 28.3. The van der Waals surface area contributed by atoms with Gasteiger partial charge in [0.05, 0.1) is 16.7 Å². The third-order valence-corrected chi connectivity index (χ3v) is 7.28. The molecule has 2 aromatic heterocycles. The maximum Gasteiger partial charge on any atom is 0.147 e. The van der Waals surface area contributed by atoms with Gasteiger partial charge in [-0.2, -0.15) is 0 Å². The van der Waals surface area contributed by atoms with Crippen molar-refractivity contribution in [2.75, 3.05) is 0 Å². The van der Waals surface area contributed by atoms with Gasteiger partial charge in [0.25, 0.3) is 0 Å². The summed E-state index contributed by atoms with van der Waals surface area (Å²) in [5.41, 5.74) is 8.41. The fourth-order valence-corrected chi connectivity index (χ4v) is 6.09. The van der Waals surface area contributed by atoms with Crippen LogP contribution in [-0.4, -0.2) is 9.55 Å². The molecule has 0 aliphatic carbocycles. The topological polar surface area (TPSA) is 17.8 Å². The van der Waals surface area contributed by atoms with E-state index in [2.05, 4.69) is 104 Å². The second-order valence-electron chi connectivity index (χ2n) is 8.29. The van der Waals surface area contributed by atoms with Crippen LogP contribution in [0.2, 0.25) is 0 Å². The summed E-state index contributed by atoms with van der Waals surface area (Å²) >= 11 is 1.85. The van der Waals surface area contributed by atoms with Gasteiger partial charge >= 0.3 is 0 Å². The number of nitrogens with zero attached hydrogens (tertiary/aromatic N) is 2. The zero-order valence-electron chi connectivity index (χ0n) is 17.8. The predicted molar refractivity (Wildman–Crippen MR) is 134 cm³/mol. The predicted octanol–water partition coefficient (Wildman–Crippen LogP) is 7.99. The molecule has 150 valence electrons. The second kappa shape index (κ2) is 6.79. The zero-order chi connectivity index (χ0) is 21.1. The molecular formula is C28H22N2S. The number of para-hydroxylation sites is 2. The minimum Gasteiger partial charge on any atom is -0.292 e. The highest BCUT2D eigenvalue weighted by Gasteiger charge is 2.20. The van der Waals surface area contributed by atoms with Crippen LogP contribution in [0.25, 0.3) is 48.3 Å². The first kappa shape index (κ1) is 18.3. The summed E-state index contributed by atoms with van der Waals surface area (Å²) in [6.45, 7) is 6.57. The first-order valence-corrected chi connectivity index (χ1v) is 11.4. The molecule has 2 heterocycles. The lowest BCUT2D eigenvalue weighted by atomic mass is 10.0. The average Bonchev–Trinajstić information content (AvgIpc) is 3.32. The Morgan fingerprint density at radius 2 is 1.45 bits per heavy atom. The Morgan fingerprint density at radius 3 is 2.29 bits per heavy atom. The van der Waals surface area contributed by atoms with E-state index in [-0.39, 0.29) is 0 Å². The molecule has 0 saturated carbocycles. The van der Waals surface area contributed by atoms with Crippen LogP contribution in [0.5, 0.6) is 0 Å². The van der Waals surface area contributed by atoms with Crippen molar-refractivity contribution in [3.8, 4) is 17.1 Å². The summed E-state index contributed by atoms with van der Waals surface area (Å²) < 4.78 is 4.97. The standard InChI is InChI=1S/C28H22N2S/c1-17-15-18(2)26(19(3)16-17)30-24-13-6-5-12-23(24)29-28(30)22-11-8-10-21-20-9-4-7-14-25(20)31-27(21)22/h4-16H,1-3H3. The van der Waals surface area contributed by atoms with Crippen molar-refractivity contribution in [3.63, 3.8) is 0 Å². The number of fused-ring (bicyclic) bond motifs is 4. The van der Waals surface area contributed by atoms with Gasteiger partial charge in [-0.25, -0.2) is 4.98 Å². The Hall–Kier alpha value is -3.43. The van der Waals surface area contributed by atoms with Crippen molar-refractivity contribution < 1.29 is 0 Å². The van der Waals surface area contributed by atoms with E-state index in [1.54, 1.807) is 0 Å². The number of rotatable bonds is 2. The van der Waals surface area contributed by atoms with Crippen molar-refractivity contribution in [2.45, 2.75) is 20.8 Å². The van der Waals surface area contributed by atoms with Crippen molar-refractivity contribution in [1.82, 2.24) is 9.55 Å². The van der Waals surface area contributed by atoms with Crippen LogP contribution < -0.4 is 0 Å². The van der Waals surface area contributed by atoms with E-state index in [9.17, 15) is 0 Å². The van der Waals surface area contributed by atoms with E-state index in [1.165, 1.54) is 48.1 Å². The lowest BCUT2D eigenvalue weighted by Gasteiger charge is -2.16. The lowest BCUT2D eigenvalue weighted by Crippen LogP contribution is -2.03. The molecule has 0 spiro atoms. The molecule has 0 fully saturated rings. The zero-order valence-corrected chi connectivity index (χ0v) is 18.6. The summed E-state index contributed by atoms with van der Waals surface area (Å²) in [7, 11) is 0. The molecule has 0 atom stereocenters. The Morgan fingerprint density at radius 1 is 0.742 bits per heavy atom. The number of imidazole rings is 1. The number of hydrogen-bond donors (Lipinski definition) is 0. The third-order valence-electron chi connectivity index (χ3n) is 6.06. The van der Waals surface area contributed by atoms with Crippen molar-refractivity contribution >= 4 is 42.5 Å². The average molecular weight is 419 g/mol. The van der Waals surface area contributed by atoms with E-state index in [1.807, 2.05) is 11.3 Å². The van der Waals surface area contributed by atoms with Gasteiger partial charge in [-0.15, -0.1) is 11.3 Å². The molecule has 0 aliphatic rings. The molecule has 3 heteroatoms. The van der Waals surface area contributed by atoms with E-state index in [0.717, 1.165) is 16.9 Å². The SMILES string of the molecule is Cc1cc(C)c(-n2c(-c3cccc4c3sc3ccccc34)nc3ccccc32)c(C)c1. The Bertz CT molecular complexity index is 1590. The first-order valence-electron chi connectivity index (χ1n) is 10.6. The molecule has 31 heavy (non-hydrogen) atoms. The molecule has 0 aliphatic heterocycles. The summed E-state index contributed by atoms with van der Waals surface area (Å²) in [6.07, 6.45) is 0. The molecule has 0 unspecified atom stereocenters. The van der Waals surface area contributed by atoms with Crippen molar-refractivity contribution in [2.24, 2.45) is 0 Å². The maximum atomic E-state index is 5.15. The molecule has 0 radical (unpaired) electrons. The number of aryl methyl sites for hydroxylation is 3. The molecule has 0 saturated heterocycles. The van der Waals surface area contributed by atoms with Gasteiger partial charge in [0, 0.05) is 25.7 Å². The molecular weight excluding hydrogens is 396 g/mol. The Kier molecular flexibility index (Phi) is 4.02. The van der Waals surface area contributed by atoms with E-state index in [0.29, 0.717) is 0 Å². The second-order valence-corrected chi connectivity index (χ2v) is 9.34. The minimum absolute atomic E-state index is 1.01. The highest BCUT2D eigenvalue weighted by Crippen LogP contribution is 2.41. The number of benzene rings is 4. The molecule has 6 rings (SSSR count). The van der Waals surface area contributed by atoms with Gasteiger partial charge in [-0.05, 0) is 56.2 Å². The Labute approximate surface area is 185 Å². The maximum absolute atomic E-state index is 5.15. The summed E-state index contributed by atoms with van der Waals surface area (Å²) in [4.78, 5) is 5.15. The number of hydrogen-bond acceptors (Lipinski definition) is 2. The monoisotopic (exact) mass is 418 g/mol. The van der Waals surface area contributed by atoms with E-state index in [4.69, 9.17) is 4.98 Å². The summed E-state index contributed by atoms with van der Waals surface area (Å²) in [5, 5.41) is 2.61. The fourth-order valence-electron chi connectivity index (χ4n) is 4.88. The Balaban J connectivity index is 1.76. The minimum atomic E-state index is 1.01. The van der Waals surface area contributed by atoms with Crippen LogP contribution in [0, 0.1) is 20.8 Å². The van der Waals surface area contributed by atoms with Gasteiger partial charge in [-0.3, -0.25) is 4.57 Å².